The van der Waals surface area contributed by atoms with Crippen LogP contribution in [0.2, 0.25) is 0 Å². The summed E-state index contributed by atoms with van der Waals surface area (Å²) in [7, 11) is 1.62. The molecule has 1 aromatic carbocycles. The van der Waals surface area contributed by atoms with E-state index in [1.807, 2.05) is 30.3 Å². The van der Waals surface area contributed by atoms with E-state index >= 15 is 0 Å². The summed E-state index contributed by atoms with van der Waals surface area (Å²) in [6.07, 6.45) is 1.68. The Kier molecular flexibility index (Phi) is 3.41. The summed E-state index contributed by atoms with van der Waals surface area (Å²) in [5, 5.41) is 0. The molecule has 4 heteroatoms. The van der Waals surface area contributed by atoms with Crippen molar-refractivity contribution in [3.63, 3.8) is 0 Å². The number of hydrogen-bond donors (Lipinski definition) is 1. The number of hydrogen-bond acceptors (Lipinski definition) is 4. The van der Waals surface area contributed by atoms with E-state index in [0.717, 1.165) is 16.4 Å². The highest BCUT2D eigenvalue weighted by Crippen LogP contribution is 2.30. The van der Waals surface area contributed by atoms with Crippen molar-refractivity contribution < 1.29 is 9.15 Å². The van der Waals surface area contributed by atoms with E-state index in [1.165, 1.54) is 0 Å². The van der Waals surface area contributed by atoms with Gasteiger partial charge in [-0.2, -0.15) is 0 Å². The molecule has 2 N–H and O–H groups in total. The van der Waals surface area contributed by atoms with E-state index in [0.29, 0.717) is 11.4 Å². The maximum absolute atomic E-state index is 5.74. The molecular weight excluding hydrogens is 222 g/mol. The normalized spacial score (nSPS) is 10.3. The van der Waals surface area contributed by atoms with Crippen LogP contribution in [0.15, 0.2) is 45.9 Å². The van der Waals surface area contributed by atoms with Gasteiger partial charge in [-0.1, -0.05) is 0 Å². The van der Waals surface area contributed by atoms with Crippen LogP contribution in [0, 0.1) is 0 Å². The van der Waals surface area contributed by atoms with Crippen molar-refractivity contribution in [2.75, 3.05) is 12.8 Å². The molecule has 0 saturated carbocycles. The molecule has 3 nitrogen and oxygen atoms in total. The second-order valence-electron chi connectivity index (χ2n) is 3.27. The summed E-state index contributed by atoms with van der Waals surface area (Å²) in [5.41, 5.74) is 6.40. The van der Waals surface area contributed by atoms with Crippen LogP contribution in [0.5, 0.6) is 5.75 Å². The first-order chi connectivity index (χ1) is 7.79. The monoisotopic (exact) mass is 235 g/mol. The van der Waals surface area contributed by atoms with Gasteiger partial charge < -0.3 is 14.9 Å². The van der Waals surface area contributed by atoms with Crippen molar-refractivity contribution in [2.24, 2.45) is 0 Å². The van der Waals surface area contributed by atoms with Crippen LogP contribution in [0.1, 0.15) is 5.76 Å². The lowest BCUT2D eigenvalue weighted by molar-refractivity contribution is 0.416. The predicted octanol–water partition coefficient (Wildman–Crippen LogP) is 3.16. The number of anilines is 1. The summed E-state index contributed by atoms with van der Waals surface area (Å²) >= 11 is 1.69. The average molecular weight is 235 g/mol. The summed E-state index contributed by atoms with van der Waals surface area (Å²) in [6.45, 7) is 0. The number of rotatable bonds is 4. The molecule has 16 heavy (non-hydrogen) atoms. The van der Waals surface area contributed by atoms with E-state index < -0.39 is 0 Å². The van der Waals surface area contributed by atoms with Gasteiger partial charge in [0.05, 0.1) is 24.8 Å². The molecule has 0 amide bonds. The van der Waals surface area contributed by atoms with Crippen LogP contribution in [0.4, 0.5) is 5.69 Å². The molecule has 0 aliphatic rings. The predicted molar refractivity (Wildman–Crippen MR) is 65.7 cm³/mol. The highest BCUT2D eigenvalue weighted by Gasteiger charge is 2.03. The minimum atomic E-state index is 0.657. The largest absolute Gasteiger partial charge is 0.495 e. The highest BCUT2D eigenvalue weighted by molar-refractivity contribution is 7.98. The maximum Gasteiger partial charge on any atom is 0.142 e. The van der Waals surface area contributed by atoms with Crippen LogP contribution >= 0.6 is 11.8 Å². The summed E-state index contributed by atoms with van der Waals surface area (Å²) in [5.74, 6) is 2.48. The zero-order valence-electron chi connectivity index (χ0n) is 8.97. The van der Waals surface area contributed by atoms with Crippen LogP contribution in [0.25, 0.3) is 0 Å². The summed E-state index contributed by atoms with van der Waals surface area (Å²) in [4.78, 5) is 1.11. The zero-order valence-corrected chi connectivity index (χ0v) is 9.79. The lowest BCUT2D eigenvalue weighted by Gasteiger charge is -2.06. The number of ether oxygens (including phenoxy) is 1. The zero-order chi connectivity index (χ0) is 11.4. The fourth-order valence-electron chi connectivity index (χ4n) is 1.33. The standard InChI is InChI=1S/C12H13NO2S/c1-14-12-7-10(4-5-11(12)13)16-8-9-3-2-6-15-9/h2-7H,8,13H2,1H3. The molecule has 0 saturated heterocycles. The summed E-state index contributed by atoms with van der Waals surface area (Å²) < 4.78 is 10.4. The minimum Gasteiger partial charge on any atom is -0.495 e. The van der Waals surface area contributed by atoms with E-state index in [9.17, 15) is 0 Å². The molecule has 0 aliphatic heterocycles. The molecule has 2 aromatic rings. The van der Waals surface area contributed by atoms with Gasteiger partial charge in [0.1, 0.15) is 11.5 Å². The van der Waals surface area contributed by atoms with Crippen molar-refractivity contribution in [3.8, 4) is 5.75 Å². The Hall–Kier alpha value is -1.55. The highest BCUT2D eigenvalue weighted by atomic mass is 32.2. The number of benzene rings is 1. The fraction of sp³-hybridized carbons (Fsp3) is 0.167. The molecule has 0 aliphatic carbocycles. The molecular formula is C12H13NO2S. The first-order valence-corrected chi connectivity index (χ1v) is 5.87. The molecule has 0 fully saturated rings. The molecule has 1 aromatic heterocycles. The first-order valence-electron chi connectivity index (χ1n) is 4.88. The Morgan fingerprint density at radius 2 is 2.25 bits per heavy atom. The second-order valence-corrected chi connectivity index (χ2v) is 4.32. The average Bonchev–Trinajstić information content (AvgIpc) is 2.81. The molecule has 0 unspecified atom stereocenters. The fourth-order valence-corrected chi connectivity index (χ4v) is 2.16. The molecule has 2 rings (SSSR count). The van der Waals surface area contributed by atoms with E-state index in [-0.39, 0.29) is 0 Å². The van der Waals surface area contributed by atoms with Gasteiger partial charge in [-0.15, -0.1) is 11.8 Å². The third-order valence-electron chi connectivity index (χ3n) is 2.17. The van der Waals surface area contributed by atoms with Crippen LogP contribution in [-0.2, 0) is 5.75 Å². The van der Waals surface area contributed by atoms with Crippen molar-refractivity contribution >= 4 is 17.4 Å². The van der Waals surface area contributed by atoms with Gasteiger partial charge in [-0.05, 0) is 30.3 Å². The number of furan rings is 1. The molecule has 1 heterocycles. The van der Waals surface area contributed by atoms with Crippen LogP contribution in [-0.4, -0.2) is 7.11 Å². The SMILES string of the molecule is COc1cc(SCc2ccco2)ccc1N. The summed E-state index contributed by atoms with van der Waals surface area (Å²) in [6, 6.07) is 9.61. The van der Waals surface area contributed by atoms with Crippen LogP contribution in [0.3, 0.4) is 0 Å². The van der Waals surface area contributed by atoms with Gasteiger partial charge in [-0.3, -0.25) is 0 Å². The van der Waals surface area contributed by atoms with E-state index in [2.05, 4.69) is 0 Å². The smallest absolute Gasteiger partial charge is 0.142 e. The Bertz CT molecular complexity index is 454. The molecule has 0 radical (unpaired) electrons. The van der Waals surface area contributed by atoms with Crippen molar-refractivity contribution in [1.82, 2.24) is 0 Å². The molecule has 0 bridgehead atoms. The number of nitrogen functional groups attached to an aromatic ring is 1. The lowest BCUT2D eigenvalue weighted by Crippen LogP contribution is -1.91. The Morgan fingerprint density at radius 3 is 2.94 bits per heavy atom. The van der Waals surface area contributed by atoms with Gasteiger partial charge in [-0.25, -0.2) is 0 Å². The first kappa shape index (κ1) is 11.0. The van der Waals surface area contributed by atoms with Gasteiger partial charge in [0.2, 0.25) is 0 Å². The Morgan fingerprint density at radius 1 is 1.38 bits per heavy atom. The van der Waals surface area contributed by atoms with Gasteiger partial charge >= 0.3 is 0 Å². The number of methoxy groups -OCH3 is 1. The third kappa shape index (κ3) is 2.52. The van der Waals surface area contributed by atoms with Gasteiger partial charge in [0.25, 0.3) is 0 Å². The van der Waals surface area contributed by atoms with Crippen molar-refractivity contribution in [3.05, 3.63) is 42.4 Å². The Balaban J connectivity index is 2.04. The molecule has 0 spiro atoms. The van der Waals surface area contributed by atoms with E-state index in [1.54, 1.807) is 25.1 Å². The van der Waals surface area contributed by atoms with E-state index in [4.69, 9.17) is 14.9 Å². The molecule has 0 atom stereocenters. The minimum absolute atomic E-state index is 0.657. The Labute approximate surface area is 98.6 Å². The second kappa shape index (κ2) is 4.99. The van der Waals surface area contributed by atoms with Crippen LogP contribution < -0.4 is 10.5 Å². The molecule has 84 valence electrons. The third-order valence-corrected chi connectivity index (χ3v) is 3.18. The number of nitrogens with two attached hydrogens (primary N) is 1. The quantitative estimate of drug-likeness (QED) is 0.653. The van der Waals surface area contributed by atoms with Crippen molar-refractivity contribution in [2.45, 2.75) is 10.6 Å². The van der Waals surface area contributed by atoms with Crippen molar-refractivity contribution in [1.29, 1.82) is 0 Å². The number of thioether (sulfide) groups is 1. The topological polar surface area (TPSA) is 48.4 Å². The lowest BCUT2D eigenvalue weighted by atomic mass is 10.3. The van der Waals surface area contributed by atoms with Gasteiger partial charge in [0, 0.05) is 4.90 Å². The maximum atomic E-state index is 5.74. The van der Waals surface area contributed by atoms with Gasteiger partial charge in [0.15, 0.2) is 0 Å².